The lowest BCUT2D eigenvalue weighted by atomic mass is 10.2. The molecule has 0 atom stereocenters. The monoisotopic (exact) mass is 258 g/mol. The van der Waals surface area contributed by atoms with Crippen LogP contribution in [0, 0.1) is 11.3 Å². The number of ether oxygens (including phenoxy) is 1. The molecule has 1 rings (SSSR count). The first-order chi connectivity index (χ1) is 9.22. The summed E-state index contributed by atoms with van der Waals surface area (Å²) < 4.78 is 4.67. The maximum Gasteiger partial charge on any atom is 0.330 e. The zero-order chi connectivity index (χ0) is 13.9. The van der Waals surface area contributed by atoms with Crippen LogP contribution in [0.2, 0.25) is 0 Å². The Morgan fingerprint density at radius 2 is 2.00 bits per heavy atom. The van der Waals surface area contributed by atoms with Gasteiger partial charge in [-0.05, 0) is 5.56 Å². The van der Waals surface area contributed by atoms with Crippen LogP contribution in [0.3, 0.4) is 0 Å². The maximum absolute atomic E-state index is 11.4. The van der Waals surface area contributed by atoms with Gasteiger partial charge in [0.15, 0.2) is 0 Å². The van der Waals surface area contributed by atoms with Gasteiger partial charge in [-0.15, -0.1) is 0 Å². The summed E-state index contributed by atoms with van der Waals surface area (Å²) in [6.45, 7) is 0.429. The Bertz CT molecular complexity index is 489. The highest BCUT2D eigenvalue weighted by Gasteiger charge is 1.99. The number of hydrogen-bond donors (Lipinski definition) is 1. The van der Waals surface area contributed by atoms with Crippen LogP contribution in [0.5, 0.6) is 0 Å². The lowest BCUT2D eigenvalue weighted by molar-refractivity contribution is -0.137. The summed E-state index contributed by atoms with van der Waals surface area (Å²) in [5, 5.41) is 10.9. The number of carbonyl (C=O) groups is 2. The van der Waals surface area contributed by atoms with Gasteiger partial charge in [0, 0.05) is 18.7 Å². The molecule has 98 valence electrons. The number of benzene rings is 1. The summed E-state index contributed by atoms with van der Waals surface area (Å²) in [5.74, 6) is -1.01. The zero-order valence-corrected chi connectivity index (χ0v) is 10.3. The van der Waals surface area contributed by atoms with E-state index in [1.54, 1.807) is 0 Å². The van der Waals surface area contributed by atoms with Gasteiger partial charge in [0.25, 0.3) is 0 Å². The molecule has 0 aromatic heterocycles. The fraction of sp³-hybridized carbons (Fsp3) is 0.214. The van der Waals surface area contributed by atoms with Gasteiger partial charge < -0.3 is 10.1 Å². The first-order valence-corrected chi connectivity index (χ1v) is 5.76. The number of amides is 1. The summed E-state index contributed by atoms with van der Waals surface area (Å²) in [5.41, 5.74) is 0.973. The van der Waals surface area contributed by atoms with E-state index in [1.165, 1.54) is 0 Å². The van der Waals surface area contributed by atoms with Crippen molar-refractivity contribution in [1.29, 1.82) is 5.26 Å². The average molecular weight is 258 g/mol. The topological polar surface area (TPSA) is 79.2 Å². The molecule has 5 nitrogen and oxygen atoms in total. The Hall–Kier alpha value is -2.61. The molecule has 1 aromatic carbocycles. The molecule has 0 bridgehead atoms. The molecule has 19 heavy (non-hydrogen) atoms. The highest BCUT2D eigenvalue weighted by atomic mass is 16.5. The van der Waals surface area contributed by atoms with E-state index >= 15 is 0 Å². The SMILES string of the molecule is N#CCCOC(=O)/C=C\C(=O)NCc1ccccc1. The lowest BCUT2D eigenvalue weighted by Crippen LogP contribution is -2.20. The summed E-state index contributed by atoms with van der Waals surface area (Å²) in [7, 11) is 0. The second-order valence-electron chi connectivity index (χ2n) is 3.61. The number of nitrogens with one attached hydrogen (secondary N) is 1. The molecule has 1 N–H and O–H groups in total. The van der Waals surface area contributed by atoms with Crippen LogP contribution >= 0.6 is 0 Å². The highest BCUT2D eigenvalue weighted by Crippen LogP contribution is 1.97. The molecule has 0 aliphatic heterocycles. The molecule has 1 aromatic rings. The van der Waals surface area contributed by atoms with Crippen LogP contribution in [-0.2, 0) is 20.9 Å². The maximum atomic E-state index is 11.4. The van der Waals surface area contributed by atoms with Crippen molar-refractivity contribution in [2.24, 2.45) is 0 Å². The largest absolute Gasteiger partial charge is 0.461 e. The van der Waals surface area contributed by atoms with Crippen LogP contribution in [0.25, 0.3) is 0 Å². The Morgan fingerprint density at radius 3 is 2.68 bits per heavy atom. The molecule has 0 radical (unpaired) electrons. The quantitative estimate of drug-likeness (QED) is 0.474. The van der Waals surface area contributed by atoms with Crippen molar-refractivity contribution < 1.29 is 14.3 Å². The first kappa shape index (κ1) is 14.5. The van der Waals surface area contributed by atoms with Gasteiger partial charge >= 0.3 is 5.97 Å². The van der Waals surface area contributed by atoms with Crippen LogP contribution in [0.1, 0.15) is 12.0 Å². The molecule has 0 unspecified atom stereocenters. The minimum absolute atomic E-state index is 0.0330. The van der Waals surface area contributed by atoms with Crippen LogP contribution in [0.15, 0.2) is 42.5 Å². The first-order valence-electron chi connectivity index (χ1n) is 5.76. The smallest absolute Gasteiger partial charge is 0.330 e. The third kappa shape index (κ3) is 6.64. The molecule has 0 saturated carbocycles. The fourth-order valence-corrected chi connectivity index (χ4v) is 1.23. The summed E-state index contributed by atoms with van der Waals surface area (Å²) >= 11 is 0. The van der Waals surface area contributed by atoms with Crippen molar-refractivity contribution in [1.82, 2.24) is 5.32 Å². The summed E-state index contributed by atoms with van der Waals surface area (Å²) in [6.07, 6.45) is 2.29. The number of esters is 1. The molecule has 0 fully saturated rings. The third-order valence-electron chi connectivity index (χ3n) is 2.14. The van der Waals surface area contributed by atoms with E-state index < -0.39 is 5.97 Å². The zero-order valence-electron chi connectivity index (χ0n) is 10.3. The predicted molar refractivity (Wildman–Crippen MR) is 68.6 cm³/mol. The van der Waals surface area contributed by atoms with E-state index in [2.05, 4.69) is 10.1 Å². The van der Waals surface area contributed by atoms with Gasteiger partial charge in [-0.3, -0.25) is 4.79 Å². The fourth-order valence-electron chi connectivity index (χ4n) is 1.23. The van der Waals surface area contributed by atoms with Crippen molar-refractivity contribution in [3.05, 3.63) is 48.0 Å². The van der Waals surface area contributed by atoms with E-state index in [0.717, 1.165) is 17.7 Å². The molecule has 0 saturated heterocycles. The van der Waals surface area contributed by atoms with E-state index in [0.29, 0.717) is 6.54 Å². The van der Waals surface area contributed by atoms with Crippen molar-refractivity contribution >= 4 is 11.9 Å². The van der Waals surface area contributed by atoms with Crippen molar-refractivity contribution in [2.75, 3.05) is 6.61 Å². The van der Waals surface area contributed by atoms with Gasteiger partial charge in [-0.2, -0.15) is 5.26 Å². The summed E-state index contributed by atoms with van der Waals surface area (Å²) in [6, 6.07) is 11.3. The number of hydrogen-bond acceptors (Lipinski definition) is 4. The van der Waals surface area contributed by atoms with Gasteiger partial charge in [-0.1, -0.05) is 30.3 Å². The minimum Gasteiger partial charge on any atom is -0.461 e. The number of rotatable bonds is 6. The number of nitriles is 1. The molecule has 0 spiro atoms. The highest BCUT2D eigenvalue weighted by molar-refractivity contribution is 5.94. The minimum atomic E-state index is -0.634. The standard InChI is InChI=1S/C14H14N2O3/c15-9-4-10-19-14(18)8-7-13(17)16-11-12-5-2-1-3-6-12/h1-3,5-8H,4,10-11H2,(H,16,17)/b8-7-. The van der Waals surface area contributed by atoms with Gasteiger partial charge in [0.1, 0.15) is 6.61 Å². The van der Waals surface area contributed by atoms with Crippen molar-refractivity contribution in [3.8, 4) is 6.07 Å². The molecule has 0 aliphatic carbocycles. The van der Waals surface area contributed by atoms with Crippen LogP contribution < -0.4 is 5.32 Å². The molecule has 0 heterocycles. The molecule has 1 amide bonds. The molecule has 5 heteroatoms. The average Bonchev–Trinajstić information content (AvgIpc) is 2.44. The van der Waals surface area contributed by atoms with Gasteiger partial charge in [0.05, 0.1) is 12.5 Å². The van der Waals surface area contributed by atoms with Crippen molar-refractivity contribution in [3.63, 3.8) is 0 Å². The Balaban J connectivity index is 2.27. The van der Waals surface area contributed by atoms with E-state index in [4.69, 9.17) is 5.26 Å². The van der Waals surface area contributed by atoms with Crippen molar-refractivity contribution in [2.45, 2.75) is 13.0 Å². The third-order valence-corrected chi connectivity index (χ3v) is 2.14. The van der Waals surface area contributed by atoms with Crippen LogP contribution in [-0.4, -0.2) is 18.5 Å². The molecular weight excluding hydrogens is 244 g/mol. The van der Waals surface area contributed by atoms with E-state index in [1.807, 2.05) is 36.4 Å². The Labute approximate surface area is 111 Å². The number of nitrogens with zero attached hydrogens (tertiary/aromatic N) is 1. The Morgan fingerprint density at radius 1 is 1.26 bits per heavy atom. The number of carbonyl (C=O) groups excluding carboxylic acids is 2. The van der Waals surface area contributed by atoms with E-state index in [9.17, 15) is 9.59 Å². The van der Waals surface area contributed by atoms with Gasteiger partial charge in [0.2, 0.25) is 5.91 Å². The molecule has 0 aliphatic rings. The van der Waals surface area contributed by atoms with Crippen LogP contribution in [0.4, 0.5) is 0 Å². The second-order valence-corrected chi connectivity index (χ2v) is 3.61. The summed E-state index contributed by atoms with van der Waals surface area (Å²) in [4.78, 5) is 22.5. The normalized spacial score (nSPS) is 9.84. The molecular formula is C14H14N2O3. The lowest BCUT2D eigenvalue weighted by Gasteiger charge is -2.01. The second kappa shape index (κ2) is 8.48. The van der Waals surface area contributed by atoms with E-state index in [-0.39, 0.29) is 18.9 Å². The van der Waals surface area contributed by atoms with Gasteiger partial charge in [-0.25, -0.2) is 4.79 Å². The predicted octanol–water partition coefficient (Wildman–Crippen LogP) is 1.32. The Kier molecular flexibility index (Phi) is 6.45.